The van der Waals surface area contributed by atoms with Gasteiger partial charge in [-0.25, -0.2) is 9.97 Å². The number of piperidine rings is 1. The third kappa shape index (κ3) is 3.33. The van der Waals surface area contributed by atoms with Gasteiger partial charge in [0.25, 0.3) is 0 Å². The number of benzene rings is 1. The quantitative estimate of drug-likeness (QED) is 0.657. The average molecular weight is 372 g/mol. The zero-order chi connectivity index (χ0) is 18.3. The van der Waals surface area contributed by atoms with Crippen LogP contribution in [0, 0.1) is 13.8 Å². The zero-order valence-electron chi connectivity index (χ0n) is 15.2. The molecule has 0 atom stereocenters. The molecule has 4 rings (SSSR count). The number of halogens is 1. The van der Waals surface area contributed by atoms with Crippen LogP contribution >= 0.6 is 11.6 Å². The van der Waals surface area contributed by atoms with E-state index in [9.17, 15) is 0 Å². The minimum Gasteiger partial charge on any atom is -0.490 e. The fraction of sp³-hybridized carbons (Fsp3) is 0.421. The van der Waals surface area contributed by atoms with E-state index in [0.29, 0.717) is 11.0 Å². The van der Waals surface area contributed by atoms with E-state index in [4.69, 9.17) is 16.3 Å². The Balaban J connectivity index is 1.43. The molecule has 2 aromatic heterocycles. The topological polar surface area (TPSA) is 56.1 Å². The second-order valence-electron chi connectivity index (χ2n) is 6.84. The first kappa shape index (κ1) is 17.1. The highest BCUT2D eigenvalue weighted by Gasteiger charge is 2.24. The van der Waals surface area contributed by atoms with Crippen molar-refractivity contribution in [1.29, 1.82) is 0 Å². The van der Waals surface area contributed by atoms with Crippen LogP contribution in [0.2, 0.25) is 5.15 Å². The van der Waals surface area contributed by atoms with E-state index in [1.165, 1.54) is 0 Å². The molecule has 7 heteroatoms. The van der Waals surface area contributed by atoms with Crippen molar-refractivity contribution < 1.29 is 4.74 Å². The summed E-state index contributed by atoms with van der Waals surface area (Å²) >= 11 is 6.21. The van der Waals surface area contributed by atoms with Gasteiger partial charge in [0.15, 0.2) is 0 Å². The normalized spacial score (nSPS) is 15.6. The molecule has 3 aromatic rings. The first-order chi connectivity index (χ1) is 12.5. The smallest absolute Gasteiger partial charge is 0.137 e. The third-order valence-corrected chi connectivity index (χ3v) is 5.18. The van der Waals surface area contributed by atoms with Crippen LogP contribution in [0.5, 0.6) is 5.75 Å². The summed E-state index contributed by atoms with van der Waals surface area (Å²) < 4.78 is 8.04. The van der Waals surface area contributed by atoms with Crippen LogP contribution in [0.15, 0.2) is 24.4 Å². The van der Waals surface area contributed by atoms with Crippen LogP contribution in [-0.2, 0) is 7.05 Å². The lowest BCUT2D eigenvalue weighted by Crippen LogP contribution is -2.39. The first-order valence-corrected chi connectivity index (χ1v) is 9.23. The SMILES string of the molecule is Cc1nc(Cl)c(C)c(N2CCC(Oc3ccc4nn(C)cc4c3)CC2)n1. The monoisotopic (exact) mass is 371 g/mol. The highest BCUT2D eigenvalue weighted by molar-refractivity contribution is 6.30. The molecule has 0 radical (unpaired) electrons. The molecule has 26 heavy (non-hydrogen) atoms. The number of rotatable bonds is 3. The average Bonchev–Trinajstić information content (AvgIpc) is 2.98. The van der Waals surface area contributed by atoms with Crippen molar-refractivity contribution in [3.05, 3.63) is 40.9 Å². The van der Waals surface area contributed by atoms with Crippen molar-refractivity contribution >= 4 is 28.3 Å². The number of hydrogen-bond acceptors (Lipinski definition) is 5. The van der Waals surface area contributed by atoms with Crippen molar-refractivity contribution in [1.82, 2.24) is 19.7 Å². The summed E-state index contributed by atoms with van der Waals surface area (Å²) in [7, 11) is 1.93. The Morgan fingerprint density at radius 2 is 1.92 bits per heavy atom. The lowest BCUT2D eigenvalue weighted by atomic mass is 10.1. The van der Waals surface area contributed by atoms with Crippen LogP contribution in [0.3, 0.4) is 0 Å². The van der Waals surface area contributed by atoms with E-state index in [-0.39, 0.29) is 6.10 Å². The van der Waals surface area contributed by atoms with E-state index in [2.05, 4.69) is 26.0 Å². The maximum atomic E-state index is 6.21. The minimum absolute atomic E-state index is 0.207. The number of aromatic nitrogens is 4. The Kier molecular flexibility index (Phi) is 4.44. The molecule has 0 amide bonds. The Labute approximate surface area is 157 Å². The van der Waals surface area contributed by atoms with E-state index in [1.807, 2.05) is 43.9 Å². The summed E-state index contributed by atoms with van der Waals surface area (Å²) in [6.07, 6.45) is 4.12. The van der Waals surface area contributed by atoms with Crippen LogP contribution in [0.4, 0.5) is 5.82 Å². The summed E-state index contributed by atoms with van der Waals surface area (Å²) in [5, 5.41) is 6.04. The van der Waals surface area contributed by atoms with Gasteiger partial charge in [-0.1, -0.05) is 11.6 Å². The Bertz CT molecular complexity index is 946. The van der Waals surface area contributed by atoms with Crippen molar-refractivity contribution in [2.24, 2.45) is 7.05 Å². The predicted octanol–water partition coefficient (Wildman–Crippen LogP) is 3.68. The van der Waals surface area contributed by atoms with Crippen LogP contribution in [-0.4, -0.2) is 38.9 Å². The standard InChI is InChI=1S/C19H22ClN5O/c1-12-18(20)21-13(2)22-19(12)25-8-6-15(7-9-25)26-16-4-5-17-14(10-16)11-24(3)23-17/h4-5,10-11,15H,6-9H2,1-3H3. The number of hydrogen-bond donors (Lipinski definition) is 0. The molecule has 0 unspecified atom stereocenters. The van der Waals surface area contributed by atoms with Gasteiger partial charge >= 0.3 is 0 Å². The molecule has 1 aromatic carbocycles. The molecule has 0 bridgehead atoms. The molecule has 0 saturated carbocycles. The largest absolute Gasteiger partial charge is 0.490 e. The van der Waals surface area contributed by atoms with Crippen molar-refractivity contribution in [3.63, 3.8) is 0 Å². The predicted molar refractivity (Wildman–Crippen MR) is 103 cm³/mol. The molecule has 0 spiro atoms. The maximum absolute atomic E-state index is 6.21. The number of aryl methyl sites for hydroxylation is 2. The highest BCUT2D eigenvalue weighted by atomic mass is 35.5. The van der Waals surface area contributed by atoms with Gasteiger partial charge in [-0.2, -0.15) is 5.10 Å². The van der Waals surface area contributed by atoms with E-state index >= 15 is 0 Å². The molecule has 6 nitrogen and oxygen atoms in total. The summed E-state index contributed by atoms with van der Waals surface area (Å²) in [4.78, 5) is 11.1. The second kappa shape index (κ2) is 6.76. The third-order valence-electron chi connectivity index (χ3n) is 4.81. The fourth-order valence-corrected chi connectivity index (χ4v) is 3.67. The number of fused-ring (bicyclic) bond motifs is 1. The molecular formula is C19H22ClN5O. The Morgan fingerprint density at radius 1 is 1.15 bits per heavy atom. The van der Waals surface area contributed by atoms with E-state index in [0.717, 1.165) is 54.0 Å². The lowest BCUT2D eigenvalue weighted by molar-refractivity contribution is 0.171. The van der Waals surface area contributed by atoms with Crippen molar-refractivity contribution in [2.75, 3.05) is 18.0 Å². The first-order valence-electron chi connectivity index (χ1n) is 8.85. The second-order valence-corrected chi connectivity index (χ2v) is 7.20. The van der Waals surface area contributed by atoms with Gasteiger partial charge in [-0.15, -0.1) is 0 Å². The number of ether oxygens (including phenoxy) is 1. The van der Waals surface area contributed by atoms with Crippen LogP contribution in [0.1, 0.15) is 24.2 Å². The van der Waals surface area contributed by atoms with Gasteiger partial charge in [0.1, 0.15) is 28.6 Å². The summed E-state index contributed by atoms with van der Waals surface area (Å²) in [5.74, 6) is 2.55. The number of nitrogens with zero attached hydrogens (tertiary/aromatic N) is 5. The highest BCUT2D eigenvalue weighted by Crippen LogP contribution is 2.28. The van der Waals surface area contributed by atoms with Crippen molar-refractivity contribution in [2.45, 2.75) is 32.8 Å². The van der Waals surface area contributed by atoms with Gasteiger partial charge in [-0.3, -0.25) is 4.68 Å². The molecule has 3 heterocycles. The molecule has 136 valence electrons. The Morgan fingerprint density at radius 3 is 2.69 bits per heavy atom. The summed E-state index contributed by atoms with van der Waals surface area (Å²) in [6, 6.07) is 6.07. The van der Waals surface area contributed by atoms with Gasteiger partial charge in [0.05, 0.1) is 5.52 Å². The van der Waals surface area contributed by atoms with E-state index in [1.54, 1.807) is 0 Å². The molecule has 0 N–H and O–H groups in total. The van der Waals surface area contributed by atoms with Gasteiger partial charge in [-0.05, 0) is 32.0 Å². The summed E-state index contributed by atoms with van der Waals surface area (Å²) in [5.41, 5.74) is 1.93. The van der Waals surface area contributed by atoms with Crippen LogP contribution < -0.4 is 9.64 Å². The Hall–Kier alpha value is -2.34. The van der Waals surface area contributed by atoms with Gasteiger partial charge < -0.3 is 9.64 Å². The van der Waals surface area contributed by atoms with Crippen molar-refractivity contribution in [3.8, 4) is 5.75 Å². The fourth-order valence-electron chi connectivity index (χ4n) is 3.47. The zero-order valence-corrected chi connectivity index (χ0v) is 16.0. The van der Waals surface area contributed by atoms with E-state index < -0.39 is 0 Å². The van der Waals surface area contributed by atoms with Crippen LogP contribution in [0.25, 0.3) is 10.9 Å². The molecule has 1 aliphatic rings. The lowest BCUT2D eigenvalue weighted by Gasteiger charge is -2.33. The molecule has 1 fully saturated rings. The maximum Gasteiger partial charge on any atom is 0.137 e. The molecular weight excluding hydrogens is 350 g/mol. The molecule has 0 aliphatic carbocycles. The van der Waals surface area contributed by atoms with Gasteiger partial charge in [0, 0.05) is 50.1 Å². The summed E-state index contributed by atoms with van der Waals surface area (Å²) in [6.45, 7) is 5.64. The minimum atomic E-state index is 0.207. The molecule has 1 aliphatic heterocycles. The van der Waals surface area contributed by atoms with Gasteiger partial charge in [0.2, 0.25) is 0 Å². The molecule has 1 saturated heterocycles. The number of anilines is 1.